The molecular weight excluding hydrogens is 476 g/mol. The number of amides is 1. The molecule has 0 atom stereocenters. The SMILES string of the molecule is CC(O)(O)C(O)(O)N(C(O)(O)Cc1c(O)c(O)c(O)c2c1C(O)(O)C(=O)N2)C(O)(O)C(C)(O)O. The van der Waals surface area contributed by atoms with Crippen LogP contribution in [0.15, 0.2) is 0 Å². The van der Waals surface area contributed by atoms with E-state index >= 15 is 0 Å². The smallest absolute Gasteiger partial charge is 0.290 e. The number of fused-ring (bicyclic) bond motifs is 1. The maximum absolute atomic E-state index is 11.8. The summed E-state index contributed by atoms with van der Waals surface area (Å²) in [6.07, 6.45) is -1.93. The molecule has 0 bridgehead atoms. The Labute approximate surface area is 187 Å². The maximum atomic E-state index is 11.8. The Hall–Kier alpha value is -2.43. The molecule has 0 unspecified atom stereocenters. The van der Waals surface area contributed by atoms with E-state index in [1.54, 1.807) is 5.32 Å². The summed E-state index contributed by atoms with van der Waals surface area (Å²) in [6, 6.07) is 0. The molecule has 0 radical (unpaired) electrons. The van der Waals surface area contributed by atoms with Crippen LogP contribution in [0.1, 0.15) is 25.0 Å². The van der Waals surface area contributed by atoms with Crippen LogP contribution in [0.25, 0.3) is 0 Å². The van der Waals surface area contributed by atoms with Crippen molar-refractivity contribution < 1.29 is 81.4 Å². The molecule has 34 heavy (non-hydrogen) atoms. The summed E-state index contributed by atoms with van der Waals surface area (Å²) in [5, 5.41) is 152. The Bertz CT molecular complexity index is 978. The number of rotatable bonds is 7. The lowest BCUT2D eigenvalue weighted by molar-refractivity contribution is -0.552. The maximum Gasteiger partial charge on any atom is 0.290 e. The number of hydrogen-bond acceptors (Lipinski definition) is 17. The van der Waals surface area contributed by atoms with Crippen LogP contribution in [-0.4, -0.2) is 117 Å². The zero-order valence-corrected chi connectivity index (χ0v) is 17.3. The highest BCUT2D eigenvalue weighted by Gasteiger charge is 2.68. The number of hydrogen-bond donors (Lipinski definition) is 16. The van der Waals surface area contributed by atoms with E-state index in [1.165, 1.54) is 0 Å². The van der Waals surface area contributed by atoms with Gasteiger partial charge in [0.25, 0.3) is 23.5 Å². The van der Waals surface area contributed by atoms with Gasteiger partial charge in [0, 0.05) is 12.0 Å². The second kappa shape index (κ2) is 7.53. The average molecular weight is 500 g/mol. The minimum atomic E-state index is -4.60. The van der Waals surface area contributed by atoms with Crippen LogP contribution in [0.3, 0.4) is 0 Å². The van der Waals surface area contributed by atoms with Gasteiger partial charge in [0.1, 0.15) is 0 Å². The van der Waals surface area contributed by atoms with E-state index in [1.807, 2.05) is 0 Å². The van der Waals surface area contributed by atoms with Crippen molar-refractivity contribution in [2.45, 2.75) is 55.4 Å². The monoisotopic (exact) mass is 500 g/mol. The topological polar surface area (TPSA) is 336 Å². The Morgan fingerprint density at radius 3 is 1.56 bits per heavy atom. The van der Waals surface area contributed by atoms with Crippen LogP contribution in [0.2, 0.25) is 0 Å². The molecule has 1 aromatic rings. The van der Waals surface area contributed by atoms with Gasteiger partial charge in [-0.3, -0.25) is 4.79 Å². The van der Waals surface area contributed by atoms with Gasteiger partial charge in [-0.2, -0.15) is 0 Å². The Morgan fingerprint density at radius 2 is 1.18 bits per heavy atom. The molecule has 0 aliphatic carbocycles. The van der Waals surface area contributed by atoms with E-state index < -0.39 is 86.4 Å². The number of aromatic hydroxyl groups is 3. The van der Waals surface area contributed by atoms with Crippen molar-refractivity contribution in [3.63, 3.8) is 0 Å². The number of phenols is 3. The van der Waals surface area contributed by atoms with E-state index in [2.05, 4.69) is 0 Å². The molecule has 1 aliphatic heterocycles. The predicted octanol–water partition coefficient (Wildman–Crippen LogP) is -6.95. The number of nitrogens with zero attached hydrogens (tertiary/aromatic N) is 1. The minimum absolute atomic E-state index is 0.162. The summed E-state index contributed by atoms with van der Waals surface area (Å²) in [5.41, 5.74) is -3.51. The fraction of sp³-hybridized carbons (Fsp3) is 0.562. The van der Waals surface area contributed by atoms with Crippen LogP contribution in [0.5, 0.6) is 17.2 Å². The van der Waals surface area contributed by atoms with Gasteiger partial charge in [-0.05, 0) is 13.8 Å². The largest absolute Gasteiger partial charge is 0.504 e. The van der Waals surface area contributed by atoms with Gasteiger partial charge in [0.2, 0.25) is 23.2 Å². The molecule has 0 spiro atoms. The molecule has 16 N–H and O–H groups in total. The zero-order valence-electron chi connectivity index (χ0n) is 17.3. The number of nitrogens with one attached hydrogen (secondary N) is 1. The first-order valence-corrected chi connectivity index (χ1v) is 8.94. The van der Waals surface area contributed by atoms with E-state index in [0.29, 0.717) is 0 Å². The van der Waals surface area contributed by atoms with Crippen molar-refractivity contribution in [1.29, 1.82) is 0 Å². The minimum Gasteiger partial charge on any atom is -0.504 e. The normalized spacial score (nSPS) is 17.2. The quantitative estimate of drug-likeness (QED) is 0.0938. The molecule has 1 aromatic carbocycles. The number of carbonyl (C=O) groups is 1. The standard InChI is InChI=1S/C16H24N2O16/c1-11(23,24)15(31,32)18(16(33,34)12(2,25)26)13(27,28)3-4-5-6(8(20)9(21)7(4)19)17-10(22)14(5,29)30/h19-21,23-34H,3H2,1-2H3,(H,17,22). The van der Waals surface area contributed by atoms with Crippen molar-refractivity contribution in [2.75, 3.05) is 5.32 Å². The number of anilines is 1. The molecular formula is C16H24N2O16. The Morgan fingerprint density at radius 1 is 0.765 bits per heavy atom. The summed E-state index contributed by atoms with van der Waals surface area (Å²) >= 11 is 0. The molecule has 194 valence electrons. The highest BCUT2D eigenvalue weighted by molar-refractivity contribution is 6.06. The molecule has 1 heterocycles. The lowest BCUT2D eigenvalue weighted by atomic mass is 9.93. The van der Waals surface area contributed by atoms with Crippen molar-refractivity contribution in [3.05, 3.63) is 11.1 Å². The molecule has 0 fully saturated rings. The molecule has 1 aliphatic rings. The van der Waals surface area contributed by atoms with Gasteiger partial charge in [0.15, 0.2) is 11.5 Å². The average Bonchev–Trinajstić information content (AvgIpc) is 2.84. The van der Waals surface area contributed by atoms with Crippen LogP contribution in [0, 0.1) is 0 Å². The fourth-order valence-corrected chi connectivity index (χ4v) is 3.21. The van der Waals surface area contributed by atoms with E-state index in [9.17, 15) is 81.4 Å². The van der Waals surface area contributed by atoms with Crippen molar-refractivity contribution in [3.8, 4) is 17.2 Å². The first-order valence-electron chi connectivity index (χ1n) is 8.94. The first kappa shape index (κ1) is 27.8. The number of benzene rings is 1. The van der Waals surface area contributed by atoms with Gasteiger partial charge in [-0.25, -0.2) is 0 Å². The molecule has 0 aromatic heterocycles. The molecule has 0 saturated heterocycles. The third-order valence-corrected chi connectivity index (χ3v) is 5.09. The van der Waals surface area contributed by atoms with E-state index in [4.69, 9.17) is 0 Å². The molecule has 1 amide bonds. The number of carbonyl (C=O) groups excluding carboxylic acids is 1. The van der Waals surface area contributed by atoms with Crippen LogP contribution >= 0.6 is 0 Å². The van der Waals surface area contributed by atoms with Crippen LogP contribution in [-0.2, 0) is 17.0 Å². The van der Waals surface area contributed by atoms with Gasteiger partial charge < -0.3 is 81.9 Å². The Kier molecular flexibility index (Phi) is 6.16. The summed E-state index contributed by atoms with van der Waals surface area (Å²) in [6.45, 7) is 0.323. The number of phenolic OH excluding ortho intramolecular Hbond substituents is 3. The van der Waals surface area contributed by atoms with E-state index in [0.717, 1.165) is 0 Å². The molecule has 18 nitrogen and oxygen atoms in total. The third-order valence-electron chi connectivity index (χ3n) is 5.09. The highest BCUT2D eigenvalue weighted by atomic mass is 16.7. The lowest BCUT2D eigenvalue weighted by Crippen LogP contribution is -2.81. The van der Waals surface area contributed by atoms with Crippen LogP contribution in [0.4, 0.5) is 5.69 Å². The number of aliphatic hydroxyl groups is 12. The molecule has 0 saturated carbocycles. The predicted molar refractivity (Wildman–Crippen MR) is 98.9 cm³/mol. The lowest BCUT2D eigenvalue weighted by Gasteiger charge is -2.53. The van der Waals surface area contributed by atoms with Gasteiger partial charge in [-0.1, -0.05) is 0 Å². The molecule has 18 heteroatoms. The van der Waals surface area contributed by atoms with Crippen molar-refractivity contribution in [1.82, 2.24) is 4.90 Å². The van der Waals surface area contributed by atoms with Gasteiger partial charge in [0.05, 0.1) is 11.3 Å². The third kappa shape index (κ3) is 3.91. The summed E-state index contributed by atoms with van der Waals surface area (Å²) < 4.78 is 0. The van der Waals surface area contributed by atoms with E-state index in [-0.39, 0.29) is 13.8 Å². The van der Waals surface area contributed by atoms with Crippen molar-refractivity contribution in [2.24, 2.45) is 0 Å². The van der Waals surface area contributed by atoms with Gasteiger partial charge in [-0.15, -0.1) is 4.90 Å². The van der Waals surface area contributed by atoms with Crippen molar-refractivity contribution >= 4 is 11.6 Å². The Balaban J connectivity index is 2.85. The fourth-order valence-electron chi connectivity index (χ4n) is 3.21. The summed E-state index contributed by atoms with van der Waals surface area (Å²) in [5.74, 6) is -31.2. The molecule has 2 rings (SSSR count). The first-order chi connectivity index (χ1) is 14.8. The van der Waals surface area contributed by atoms with Gasteiger partial charge >= 0.3 is 0 Å². The summed E-state index contributed by atoms with van der Waals surface area (Å²) in [4.78, 5) is 10.6. The second-order valence-corrected chi connectivity index (χ2v) is 8.00. The second-order valence-electron chi connectivity index (χ2n) is 8.00. The summed E-state index contributed by atoms with van der Waals surface area (Å²) in [7, 11) is 0. The highest BCUT2D eigenvalue weighted by Crippen LogP contribution is 2.53. The van der Waals surface area contributed by atoms with Crippen LogP contribution < -0.4 is 5.32 Å². The zero-order chi connectivity index (χ0) is 27.0.